The third-order valence-corrected chi connectivity index (χ3v) is 6.65. The lowest BCUT2D eigenvalue weighted by molar-refractivity contribution is 0.0940. The maximum absolute atomic E-state index is 13.7. The second-order valence-electron chi connectivity index (χ2n) is 6.96. The predicted octanol–water partition coefficient (Wildman–Crippen LogP) is 2.56. The molecule has 1 saturated carbocycles. The number of amides is 1. The Balaban J connectivity index is 1.69. The zero-order chi connectivity index (χ0) is 17.6. The van der Waals surface area contributed by atoms with Crippen molar-refractivity contribution < 1.29 is 17.6 Å². The number of pyridine rings is 1. The molecule has 2 fully saturated rings. The molecule has 1 amide bonds. The minimum Gasteiger partial charge on any atom is -0.348 e. The molecule has 5 nitrogen and oxygen atoms in total. The van der Waals surface area contributed by atoms with Crippen molar-refractivity contribution in [1.29, 1.82) is 0 Å². The standard InChI is InChI=1S/C18H19FN2O3S/c19-12-5-6-16-14(8-12)15(9-17(21-16)11-3-4-11)18(22)20-13-2-1-7-25(23,24)10-13/h5-6,8-9,11,13H,1-4,7,10H2,(H,20,22). The van der Waals surface area contributed by atoms with Crippen LogP contribution in [0.25, 0.3) is 10.9 Å². The van der Waals surface area contributed by atoms with Gasteiger partial charge in [0.2, 0.25) is 0 Å². The molecule has 1 aliphatic heterocycles. The number of sulfone groups is 1. The monoisotopic (exact) mass is 362 g/mol. The van der Waals surface area contributed by atoms with E-state index in [-0.39, 0.29) is 17.4 Å². The van der Waals surface area contributed by atoms with E-state index in [2.05, 4.69) is 10.3 Å². The molecule has 1 unspecified atom stereocenters. The first-order valence-corrected chi connectivity index (χ1v) is 10.3. The molecule has 132 valence electrons. The van der Waals surface area contributed by atoms with Gasteiger partial charge >= 0.3 is 0 Å². The highest BCUT2D eigenvalue weighted by Gasteiger charge is 2.29. The fourth-order valence-electron chi connectivity index (χ4n) is 3.39. The fourth-order valence-corrected chi connectivity index (χ4v) is 5.03. The minimum absolute atomic E-state index is 0.0361. The van der Waals surface area contributed by atoms with Crippen LogP contribution in [-0.2, 0) is 9.84 Å². The number of carbonyl (C=O) groups is 1. The van der Waals surface area contributed by atoms with E-state index >= 15 is 0 Å². The Hall–Kier alpha value is -2.02. The first-order valence-electron chi connectivity index (χ1n) is 8.53. The van der Waals surface area contributed by atoms with Gasteiger partial charge in [-0.05, 0) is 49.9 Å². The minimum atomic E-state index is -3.11. The van der Waals surface area contributed by atoms with Gasteiger partial charge in [0.05, 0.1) is 22.6 Å². The molecule has 1 aromatic carbocycles. The van der Waals surface area contributed by atoms with Crippen LogP contribution in [0.5, 0.6) is 0 Å². The SMILES string of the molecule is O=C(NC1CCCS(=O)(=O)C1)c1cc(C2CC2)nc2ccc(F)cc12. The zero-order valence-electron chi connectivity index (χ0n) is 13.7. The molecule has 1 aliphatic carbocycles. The maximum Gasteiger partial charge on any atom is 0.252 e. The molecule has 0 spiro atoms. The summed E-state index contributed by atoms with van der Waals surface area (Å²) in [4.78, 5) is 17.3. The van der Waals surface area contributed by atoms with Crippen LogP contribution in [-0.4, -0.2) is 36.9 Å². The van der Waals surface area contributed by atoms with E-state index in [0.717, 1.165) is 18.5 Å². The van der Waals surface area contributed by atoms with E-state index in [1.54, 1.807) is 12.1 Å². The highest BCUT2D eigenvalue weighted by molar-refractivity contribution is 7.91. The van der Waals surface area contributed by atoms with Crippen LogP contribution in [0.3, 0.4) is 0 Å². The van der Waals surface area contributed by atoms with Crippen molar-refractivity contribution in [3.63, 3.8) is 0 Å². The molecule has 2 aromatic rings. The van der Waals surface area contributed by atoms with Crippen molar-refractivity contribution >= 4 is 26.6 Å². The quantitative estimate of drug-likeness (QED) is 0.910. The van der Waals surface area contributed by atoms with E-state index in [1.807, 2.05) is 0 Å². The number of nitrogens with one attached hydrogen (secondary N) is 1. The number of rotatable bonds is 3. The van der Waals surface area contributed by atoms with Gasteiger partial charge < -0.3 is 5.32 Å². The molecule has 4 rings (SSSR count). The summed E-state index contributed by atoms with van der Waals surface area (Å²) < 4.78 is 37.2. The van der Waals surface area contributed by atoms with Crippen LogP contribution < -0.4 is 5.32 Å². The number of halogens is 1. The molecule has 0 radical (unpaired) electrons. The van der Waals surface area contributed by atoms with Gasteiger partial charge in [-0.1, -0.05) is 0 Å². The highest BCUT2D eigenvalue weighted by Crippen LogP contribution is 2.40. The van der Waals surface area contributed by atoms with Crippen molar-refractivity contribution in [3.8, 4) is 0 Å². The van der Waals surface area contributed by atoms with Gasteiger partial charge in [0.25, 0.3) is 5.91 Å². The fraction of sp³-hybridized carbons (Fsp3) is 0.444. The van der Waals surface area contributed by atoms with Crippen molar-refractivity contribution in [2.75, 3.05) is 11.5 Å². The molecule has 7 heteroatoms. The molecule has 1 aromatic heterocycles. The van der Waals surface area contributed by atoms with Crippen molar-refractivity contribution in [3.05, 3.63) is 41.3 Å². The smallest absolute Gasteiger partial charge is 0.252 e. The molecule has 2 heterocycles. The lowest BCUT2D eigenvalue weighted by atomic mass is 10.0. The Bertz CT molecular complexity index is 954. The molecule has 2 aliphatic rings. The second-order valence-corrected chi connectivity index (χ2v) is 9.19. The summed E-state index contributed by atoms with van der Waals surface area (Å²) in [7, 11) is -3.11. The summed E-state index contributed by atoms with van der Waals surface area (Å²) in [5.74, 6) is -0.291. The number of carbonyl (C=O) groups excluding carboxylic acids is 1. The van der Waals surface area contributed by atoms with E-state index in [1.165, 1.54) is 12.1 Å². The molecular weight excluding hydrogens is 343 g/mol. The first kappa shape index (κ1) is 16.4. The number of aromatic nitrogens is 1. The summed E-state index contributed by atoms with van der Waals surface area (Å²) in [5, 5.41) is 3.28. The average molecular weight is 362 g/mol. The third kappa shape index (κ3) is 3.51. The third-order valence-electron chi connectivity index (χ3n) is 4.83. The normalized spacial score (nSPS) is 22.7. The molecule has 0 bridgehead atoms. The van der Waals surface area contributed by atoms with Gasteiger partial charge in [0, 0.05) is 23.0 Å². The number of nitrogens with zero attached hydrogens (tertiary/aromatic N) is 1. The van der Waals surface area contributed by atoms with Crippen LogP contribution in [0.1, 0.15) is 47.7 Å². The molecule has 1 saturated heterocycles. The lowest BCUT2D eigenvalue weighted by Crippen LogP contribution is -2.43. The number of fused-ring (bicyclic) bond motifs is 1. The molecule has 1 N–H and O–H groups in total. The van der Waals surface area contributed by atoms with Gasteiger partial charge in [-0.15, -0.1) is 0 Å². The molecule has 1 atom stereocenters. The second kappa shape index (κ2) is 6.05. The van der Waals surface area contributed by atoms with E-state index in [4.69, 9.17) is 0 Å². The Morgan fingerprint density at radius 1 is 1.20 bits per heavy atom. The van der Waals surface area contributed by atoms with Gasteiger partial charge in [0.1, 0.15) is 5.82 Å². The van der Waals surface area contributed by atoms with Crippen molar-refractivity contribution in [1.82, 2.24) is 10.3 Å². The summed E-state index contributed by atoms with van der Waals surface area (Å²) in [6, 6.07) is 5.56. The summed E-state index contributed by atoms with van der Waals surface area (Å²) in [5.41, 5.74) is 1.81. The van der Waals surface area contributed by atoms with E-state index in [0.29, 0.717) is 35.2 Å². The average Bonchev–Trinajstić information content (AvgIpc) is 3.37. The van der Waals surface area contributed by atoms with Crippen LogP contribution in [0.2, 0.25) is 0 Å². The Labute approximate surface area is 145 Å². The summed E-state index contributed by atoms with van der Waals surface area (Å²) >= 11 is 0. The van der Waals surface area contributed by atoms with Gasteiger partial charge in [-0.25, -0.2) is 12.8 Å². The van der Waals surface area contributed by atoms with Gasteiger partial charge in [-0.3, -0.25) is 9.78 Å². The van der Waals surface area contributed by atoms with E-state index < -0.39 is 21.7 Å². The number of benzene rings is 1. The summed E-state index contributed by atoms with van der Waals surface area (Å²) in [6.07, 6.45) is 3.27. The number of hydrogen-bond acceptors (Lipinski definition) is 4. The van der Waals surface area contributed by atoms with E-state index in [9.17, 15) is 17.6 Å². The Kier molecular flexibility index (Phi) is 3.98. The van der Waals surface area contributed by atoms with Crippen LogP contribution in [0.15, 0.2) is 24.3 Å². The zero-order valence-corrected chi connectivity index (χ0v) is 14.5. The van der Waals surface area contributed by atoms with Gasteiger partial charge in [-0.2, -0.15) is 0 Å². The topological polar surface area (TPSA) is 76.1 Å². The van der Waals surface area contributed by atoms with Crippen LogP contribution in [0.4, 0.5) is 4.39 Å². The molecular formula is C18H19FN2O3S. The first-order chi connectivity index (χ1) is 11.9. The van der Waals surface area contributed by atoms with Crippen molar-refractivity contribution in [2.24, 2.45) is 0 Å². The largest absolute Gasteiger partial charge is 0.348 e. The molecule has 25 heavy (non-hydrogen) atoms. The number of hydrogen-bond donors (Lipinski definition) is 1. The van der Waals surface area contributed by atoms with Gasteiger partial charge in [0.15, 0.2) is 9.84 Å². The van der Waals surface area contributed by atoms with Crippen LogP contribution in [0, 0.1) is 5.82 Å². The highest BCUT2D eigenvalue weighted by atomic mass is 32.2. The Morgan fingerprint density at radius 3 is 2.72 bits per heavy atom. The van der Waals surface area contributed by atoms with Crippen molar-refractivity contribution in [2.45, 2.75) is 37.6 Å². The Morgan fingerprint density at radius 2 is 2.00 bits per heavy atom. The summed E-state index contributed by atoms with van der Waals surface area (Å²) in [6.45, 7) is 0. The maximum atomic E-state index is 13.7. The lowest BCUT2D eigenvalue weighted by Gasteiger charge is -2.23. The van der Waals surface area contributed by atoms with Crippen LogP contribution >= 0.6 is 0 Å². The predicted molar refractivity (Wildman–Crippen MR) is 92.8 cm³/mol.